The number of allylic oxidation sites excluding steroid dienone is 1. The number of amidine groups is 1. The molecule has 0 saturated carbocycles. The highest BCUT2D eigenvalue weighted by Crippen LogP contribution is 2.42. The summed E-state index contributed by atoms with van der Waals surface area (Å²) in [5.41, 5.74) is 2.30. The van der Waals surface area contributed by atoms with Crippen LogP contribution in [0.5, 0.6) is 5.75 Å². The lowest BCUT2D eigenvalue weighted by Crippen LogP contribution is -2.34. The molecule has 0 unspecified atom stereocenters. The summed E-state index contributed by atoms with van der Waals surface area (Å²) in [5, 5.41) is 6.11. The van der Waals surface area contributed by atoms with Gasteiger partial charge in [-0.25, -0.2) is 9.79 Å². The average Bonchev–Trinajstić information content (AvgIpc) is 3.27. The van der Waals surface area contributed by atoms with Crippen LogP contribution in [0.4, 0.5) is 5.69 Å². The molecule has 0 saturated heterocycles. The van der Waals surface area contributed by atoms with Crippen molar-refractivity contribution in [2.75, 3.05) is 18.5 Å². The number of thioether (sulfide) groups is 1. The minimum atomic E-state index is -0.451. The summed E-state index contributed by atoms with van der Waals surface area (Å²) in [6.07, 6.45) is 1.87. The highest BCUT2D eigenvalue weighted by atomic mass is 35.5. The van der Waals surface area contributed by atoms with E-state index in [-0.39, 0.29) is 19.1 Å². The van der Waals surface area contributed by atoms with Crippen LogP contribution in [0.15, 0.2) is 70.3 Å². The number of nitrogens with zero attached hydrogens (tertiary/aromatic N) is 2. The molecule has 2 aromatic rings. The number of amides is 1. The maximum absolute atomic E-state index is 12.8. The molecule has 2 aromatic carbocycles. The molecule has 176 valence electrons. The van der Waals surface area contributed by atoms with E-state index in [1.807, 2.05) is 22.6 Å². The molecule has 10 heteroatoms. The third kappa shape index (κ3) is 5.09. The Morgan fingerprint density at radius 3 is 2.71 bits per heavy atom. The molecule has 34 heavy (non-hydrogen) atoms. The van der Waals surface area contributed by atoms with E-state index >= 15 is 0 Å². The van der Waals surface area contributed by atoms with Crippen molar-refractivity contribution in [3.05, 3.63) is 81.0 Å². The smallest absolute Gasteiger partial charge is 0.338 e. The Morgan fingerprint density at radius 1 is 1.18 bits per heavy atom. The highest BCUT2D eigenvalue weighted by Gasteiger charge is 2.37. The van der Waals surface area contributed by atoms with Crippen molar-refractivity contribution >= 4 is 57.7 Å². The van der Waals surface area contributed by atoms with Crippen LogP contribution in [0, 0.1) is 0 Å². The van der Waals surface area contributed by atoms with Gasteiger partial charge >= 0.3 is 5.97 Å². The standard InChI is InChI=1S/C24H21Cl2N3O4S/c1-3-32-23(31)21-14(2)27-24-29(10-11-34-24)22(21)15-8-9-19(17(26)12-15)33-13-20(30)28-18-7-5-4-6-16(18)25/h4-12,22H,3,13H2,1-2H3,(H,28,30)/t22-/m1/s1. The Bertz CT molecular complexity index is 1230. The van der Waals surface area contributed by atoms with Crippen LogP contribution in [0.25, 0.3) is 0 Å². The fourth-order valence-corrected chi connectivity index (χ4v) is 4.81. The maximum atomic E-state index is 12.8. The molecule has 0 fully saturated rings. The average molecular weight is 518 g/mol. The van der Waals surface area contributed by atoms with Crippen molar-refractivity contribution in [2.24, 2.45) is 4.99 Å². The van der Waals surface area contributed by atoms with Crippen molar-refractivity contribution in [3.63, 3.8) is 0 Å². The normalized spacial score (nSPS) is 16.8. The largest absolute Gasteiger partial charge is 0.482 e. The zero-order valence-electron chi connectivity index (χ0n) is 18.4. The number of ether oxygens (including phenoxy) is 2. The fourth-order valence-electron chi connectivity index (χ4n) is 3.59. The van der Waals surface area contributed by atoms with Gasteiger partial charge in [-0.1, -0.05) is 53.2 Å². The molecule has 2 aliphatic heterocycles. The second-order valence-electron chi connectivity index (χ2n) is 7.33. The van der Waals surface area contributed by atoms with E-state index in [1.165, 1.54) is 11.8 Å². The van der Waals surface area contributed by atoms with E-state index in [9.17, 15) is 9.59 Å². The molecule has 7 nitrogen and oxygen atoms in total. The van der Waals surface area contributed by atoms with Crippen molar-refractivity contribution in [1.29, 1.82) is 0 Å². The molecule has 0 aromatic heterocycles. The lowest BCUT2D eigenvalue weighted by molar-refractivity contribution is -0.139. The molecule has 1 N–H and O–H groups in total. The lowest BCUT2D eigenvalue weighted by atomic mass is 9.95. The van der Waals surface area contributed by atoms with Gasteiger partial charge in [0.25, 0.3) is 5.91 Å². The Kier molecular flexibility index (Phi) is 7.50. The van der Waals surface area contributed by atoms with E-state index in [0.29, 0.717) is 32.8 Å². The zero-order valence-corrected chi connectivity index (χ0v) is 20.7. The number of para-hydroxylation sites is 1. The molecule has 0 radical (unpaired) electrons. The second-order valence-corrected chi connectivity index (χ2v) is 9.02. The third-order valence-corrected chi connectivity index (χ3v) is 6.49. The number of carbonyl (C=O) groups is 2. The molecule has 2 heterocycles. The van der Waals surface area contributed by atoms with Gasteiger partial charge in [0.2, 0.25) is 0 Å². The summed E-state index contributed by atoms with van der Waals surface area (Å²) in [6, 6.07) is 11.7. The van der Waals surface area contributed by atoms with Gasteiger partial charge in [0.05, 0.1) is 39.7 Å². The monoisotopic (exact) mass is 517 g/mol. The Balaban J connectivity index is 1.53. The number of benzene rings is 2. The number of aliphatic imine (C=N–C) groups is 1. The molecular weight excluding hydrogens is 497 g/mol. The molecule has 0 spiro atoms. The number of hydrogen-bond acceptors (Lipinski definition) is 7. The lowest BCUT2D eigenvalue weighted by Gasteiger charge is -2.33. The first-order chi connectivity index (χ1) is 16.4. The summed E-state index contributed by atoms with van der Waals surface area (Å²) in [4.78, 5) is 31.5. The van der Waals surface area contributed by atoms with E-state index in [2.05, 4.69) is 10.3 Å². The van der Waals surface area contributed by atoms with Crippen LogP contribution in [-0.4, -0.2) is 35.2 Å². The predicted octanol–water partition coefficient (Wildman–Crippen LogP) is 5.78. The summed E-state index contributed by atoms with van der Waals surface area (Å²) in [6.45, 7) is 3.56. The van der Waals surface area contributed by atoms with Gasteiger partial charge in [-0.3, -0.25) is 4.79 Å². The second kappa shape index (κ2) is 10.5. The van der Waals surface area contributed by atoms with E-state index < -0.39 is 12.0 Å². The van der Waals surface area contributed by atoms with Crippen LogP contribution in [0.2, 0.25) is 10.0 Å². The predicted molar refractivity (Wildman–Crippen MR) is 135 cm³/mol. The molecule has 0 bridgehead atoms. The third-order valence-electron chi connectivity index (χ3n) is 5.09. The molecular formula is C24H21Cl2N3O4S. The molecule has 2 aliphatic rings. The van der Waals surface area contributed by atoms with Crippen molar-refractivity contribution in [3.8, 4) is 5.75 Å². The minimum absolute atomic E-state index is 0.247. The van der Waals surface area contributed by atoms with Crippen LogP contribution in [0.1, 0.15) is 25.5 Å². The summed E-state index contributed by atoms with van der Waals surface area (Å²) < 4.78 is 10.9. The van der Waals surface area contributed by atoms with Gasteiger partial charge < -0.3 is 19.7 Å². The van der Waals surface area contributed by atoms with Gasteiger partial charge in [-0.2, -0.15) is 0 Å². The fraction of sp³-hybridized carbons (Fsp3) is 0.208. The van der Waals surface area contributed by atoms with Crippen LogP contribution >= 0.6 is 35.0 Å². The van der Waals surface area contributed by atoms with Crippen LogP contribution in [-0.2, 0) is 14.3 Å². The van der Waals surface area contributed by atoms with E-state index in [0.717, 1.165) is 10.7 Å². The number of hydrogen-bond donors (Lipinski definition) is 1. The Labute approximate surface area is 211 Å². The van der Waals surface area contributed by atoms with E-state index in [1.54, 1.807) is 50.2 Å². The summed E-state index contributed by atoms with van der Waals surface area (Å²) >= 11 is 14.0. The quantitative estimate of drug-likeness (QED) is 0.469. The van der Waals surface area contributed by atoms with Crippen molar-refractivity contribution in [2.45, 2.75) is 19.9 Å². The zero-order chi connectivity index (χ0) is 24.2. The molecule has 1 amide bonds. The van der Waals surface area contributed by atoms with Gasteiger partial charge in [0, 0.05) is 6.20 Å². The van der Waals surface area contributed by atoms with Crippen molar-refractivity contribution in [1.82, 2.24) is 4.90 Å². The number of fused-ring (bicyclic) bond motifs is 1. The van der Waals surface area contributed by atoms with Crippen LogP contribution < -0.4 is 10.1 Å². The number of esters is 1. The van der Waals surface area contributed by atoms with Crippen molar-refractivity contribution < 1.29 is 19.1 Å². The van der Waals surface area contributed by atoms with Gasteiger partial charge in [-0.15, -0.1) is 0 Å². The minimum Gasteiger partial charge on any atom is -0.482 e. The number of carbonyl (C=O) groups excluding carboxylic acids is 2. The first-order valence-corrected chi connectivity index (χ1v) is 12.1. The number of anilines is 1. The number of halogens is 2. The first kappa shape index (κ1) is 24.2. The highest BCUT2D eigenvalue weighted by molar-refractivity contribution is 8.16. The van der Waals surface area contributed by atoms with Gasteiger partial charge in [-0.05, 0) is 49.1 Å². The van der Waals surface area contributed by atoms with Gasteiger partial charge in [0.1, 0.15) is 5.75 Å². The first-order valence-electron chi connectivity index (χ1n) is 10.4. The Hall–Kier alpha value is -2.94. The summed E-state index contributed by atoms with van der Waals surface area (Å²) in [5.74, 6) is -0.455. The Morgan fingerprint density at radius 2 is 1.97 bits per heavy atom. The molecule has 4 rings (SSSR count). The molecule has 0 aliphatic carbocycles. The van der Waals surface area contributed by atoms with E-state index in [4.69, 9.17) is 32.7 Å². The van der Waals surface area contributed by atoms with Crippen LogP contribution in [0.3, 0.4) is 0 Å². The van der Waals surface area contributed by atoms with Gasteiger partial charge in [0.15, 0.2) is 11.8 Å². The molecule has 1 atom stereocenters. The maximum Gasteiger partial charge on any atom is 0.338 e. The SMILES string of the molecule is CCOC(=O)C1=C(C)N=C2SC=CN2[C@@H]1c1ccc(OCC(=O)Nc2ccccc2Cl)c(Cl)c1. The number of rotatable bonds is 7. The summed E-state index contributed by atoms with van der Waals surface area (Å²) in [7, 11) is 0. The topological polar surface area (TPSA) is 80.2 Å². The number of nitrogens with one attached hydrogen (secondary N) is 1.